The van der Waals surface area contributed by atoms with Crippen molar-refractivity contribution < 1.29 is 8.42 Å². The van der Waals surface area contributed by atoms with Crippen molar-refractivity contribution in [1.29, 1.82) is 0 Å². The number of sulfone groups is 1. The van der Waals surface area contributed by atoms with Gasteiger partial charge in [-0.25, -0.2) is 8.42 Å². The van der Waals surface area contributed by atoms with Crippen molar-refractivity contribution in [3.63, 3.8) is 0 Å². The van der Waals surface area contributed by atoms with Crippen LogP contribution in [0, 0.1) is 12.3 Å². The Bertz CT molecular complexity index is 514. The molecule has 0 aromatic heterocycles. The molecule has 1 unspecified atom stereocenters. The van der Waals surface area contributed by atoms with Crippen molar-refractivity contribution >= 4 is 15.5 Å². The Morgan fingerprint density at radius 3 is 2.65 bits per heavy atom. The fourth-order valence-corrected chi connectivity index (χ4v) is 3.02. The molecule has 1 aromatic rings. The van der Waals surface area contributed by atoms with Gasteiger partial charge >= 0.3 is 0 Å². The van der Waals surface area contributed by atoms with E-state index < -0.39 is 9.84 Å². The van der Waals surface area contributed by atoms with Gasteiger partial charge in [0.15, 0.2) is 9.84 Å². The maximum absolute atomic E-state index is 12.0. The summed E-state index contributed by atoms with van der Waals surface area (Å²) in [4.78, 5) is 0.323. The molecule has 0 radical (unpaired) electrons. The maximum atomic E-state index is 12.0. The lowest BCUT2D eigenvalue weighted by atomic mass is 10.3. The minimum absolute atomic E-state index is 0.149. The molecule has 0 fully saturated rings. The van der Waals surface area contributed by atoms with Gasteiger partial charge in [-0.15, -0.1) is 6.42 Å². The second-order valence-electron chi connectivity index (χ2n) is 3.85. The Balaban J connectivity index is 3.13. The summed E-state index contributed by atoms with van der Waals surface area (Å²) in [6.45, 7) is 3.65. The van der Waals surface area contributed by atoms with E-state index in [4.69, 9.17) is 6.42 Å². The highest BCUT2D eigenvalue weighted by atomic mass is 32.2. The van der Waals surface area contributed by atoms with E-state index >= 15 is 0 Å². The first kappa shape index (κ1) is 13.6. The normalized spacial score (nSPS) is 12.8. The van der Waals surface area contributed by atoms with Crippen LogP contribution in [0.25, 0.3) is 0 Å². The lowest BCUT2D eigenvalue weighted by molar-refractivity contribution is 0.595. The highest BCUT2D eigenvalue weighted by Gasteiger charge is 2.17. The van der Waals surface area contributed by atoms with E-state index in [0.29, 0.717) is 17.0 Å². The molecule has 0 aliphatic rings. The first-order valence-corrected chi connectivity index (χ1v) is 7.21. The van der Waals surface area contributed by atoms with Gasteiger partial charge in [0.2, 0.25) is 0 Å². The van der Waals surface area contributed by atoms with Crippen molar-refractivity contribution in [2.75, 3.05) is 11.1 Å². The highest BCUT2D eigenvalue weighted by molar-refractivity contribution is 7.91. The quantitative estimate of drug-likeness (QED) is 0.817. The summed E-state index contributed by atoms with van der Waals surface area (Å²) in [5.41, 5.74) is 0.575. The zero-order chi connectivity index (χ0) is 12.9. The van der Waals surface area contributed by atoms with Crippen LogP contribution in [0.5, 0.6) is 0 Å². The van der Waals surface area contributed by atoms with Crippen LogP contribution in [0.3, 0.4) is 0 Å². The van der Waals surface area contributed by atoms with Crippen LogP contribution in [-0.4, -0.2) is 20.2 Å². The summed E-state index contributed by atoms with van der Waals surface area (Å²) < 4.78 is 24.1. The molecule has 3 nitrogen and oxygen atoms in total. The predicted molar refractivity (Wildman–Crippen MR) is 70.7 cm³/mol. The number of terminal acetylenes is 1. The summed E-state index contributed by atoms with van der Waals surface area (Å²) in [7, 11) is -3.23. The van der Waals surface area contributed by atoms with E-state index in [1.807, 2.05) is 13.8 Å². The number of rotatable bonds is 5. The lowest BCUT2D eigenvalue weighted by Crippen LogP contribution is -2.16. The SMILES string of the molecule is C#CC(C)Nc1ccccc1S(=O)(=O)CCC. The number of hydrogen-bond acceptors (Lipinski definition) is 3. The molecule has 0 bridgehead atoms. The fraction of sp³-hybridized carbons (Fsp3) is 0.385. The summed E-state index contributed by atoms with van der Waals surface area (Å²) >= 11 is 0. The third-order valence-electron chi connectivity index (χ3n) is 2.32. The zero-order valence-corrected chi connectivity index (χ0v) is 10.9. The summed E-state index contributed by atoms with van der Waals surface area (Å²) in [5, 5.41) is 3.01. The van der Waals surface area contributed by atoms with Crippen LogP contribution in [0.1, 0.15) is 20.3 Å². The van der Waals surface area contributed by atoms with Gasteiger partial charge in [0.25, 0.3) is 0 Å². The molecule has 1 rings (SSSR count). The number of para-hydroxylation sites is 1. The summed E-state index contributed by atoms with van der Waals surface area (Å²) in [5.74, 6) is 2.67. The number of benzene rings is 1. The third kappa shape index (κ3) is 3.50. The average Bonchev–Trinajstić information content (AvgIpc) is 2.29. The molecule has 0 spiro atoms. The van der Waals surface area contributed by atoms with Crippen molar-refractivity contribution in [1.82, 2.24) is 0 Å². The van der Waals surface area contributed by atoms with Gasteiger partial charge in [-0.2, -0.15) is 0 Å². The van der Waals surface area contributed by atoms with E-state index in [1.54, 1.807) is 24.3 Å². The van der Waals surface area contributed by atoms with Crippen molar-refractivity contribution in [3.05, 3.63) is 24.3 Å². The van der Waals surface area contributed by atoms with E-state index in [-0.39, 0.29) is 11.8 Å². The molecule has 17 heavy (non-hydrogen) atoms. The van der Waals surface area contributed by atoms with E-state index in [2.05, 4.69) is 11.2 Å². The van der Waals surface area contributed by atoms with Gasteiger partial charge in [0.1, 0.15) is 0 Å². The number of hydrogen-bond donors (Lipinski definition) is 1. The average molecular weight is 251 g/mol. The monoisotopic (exact) mass is 251 g/mol. The molecule has 0 aliphatic carbocycles. The third-order valence-corrected chi connectivity index (χ3v) is 4.29. The van der Waals surface area contributed by atoms with Gasteiger partial charge in [-0.3, -0.25) is 0 Å². The minimum atomic E-state index is -3.23. The Morgan fingerprint density at radius 1 is 1.41 bits per heavy atom. The van der Waals surface area contributed by atoms with E-state index in [1.165, 1.54) is 0 Å². The highest BCUT2D eigenvalue weighted by Crippen LogP contribution is 2.23. The smallest absolute Gasteiger partial charge is 0.180 e. The zero-order valence-electron chi connectivity index (χ0n) is 10.1. The predicted octanol–water partition coefficient (Wildman–Crippen LogP) is 2.30. The van der Waals surface area contributed by atoms with Crippen LogP contribution < -0.4 is 5.32 Å². The van der Waals surface area contributed by atoms with Crippen LogP contribution in [0.4, 0.5) is 5.69 Å². The molecule has 1 atom stereocenters. The number of nitrogens with one attached hydrogen (secondary N) is 1. The molecular weight excluding hydrogens is 234 g/mol. The Hall–Kier alpha value is -1.47. The fourth-order valence-electron chi connectivity index (χ4n) is 1.51. The molecule has 0 amide bonds. The van der Waals surface area contributed by atoms with E-state index in [9.17, 15) is 8.42 Å². The Kier molecular flexibility index (Phi) is 4.59. The molecular formula is C13H17NO2S. The van der Waals surface area contributed by atoms with Gasteiger partial charge in [0, 0.05) is 0 Å². The molecule has 0 aliphatic heterocycles. The van der Waals surface area contributed by atoms with Crippen molar-refractivity contribution in [2.24, 2.45) is 0 Å². The van der Waals surface area contributed by atoms with Gasteiger partial charge in [-0.1, -0.05) is 25.0 Å². The molecule has 4 heteroatoms. The molecule has 1 aromatic carbocycles. The summed E-state index contributed by atoms with van der Waals surface area (Å²) in [6.07, 6.45) is 5.87. The van der Waals surface area contributed by atoms with Crippen molar-refractivity contribution in [2.45, 2.75) is 31.2 Å². The van der Waals surface area contributed by atoms with Crippen LogP contribution >= 0.6 is 0 Å². The van der Waals surface area contributed by atoms with Gasteiger partial charge in [0.05, 0.1) is 22.4 Å². The standard InChI is InChI=1S/C13H17NO2S/c1-4-10-17(15,16)13-9-7-6-8-12(13)14-11(3)5-2/h2,6-9,11,14H,4,10H2,1,3H3. The van der Waals surface area contributed by atoms with Gasteiger partial charge in [-0.05, 0) is 25.5 Å². The Morgan fingerprint density at radius 2 is 2.06 bits per heavy atom. The lowest BCUT2D eigenvalue weighted by Gasteiger charge is -2.14. The molecule has 92 valence electrons. The van der Waals surface area contributed by atoms with Crippen LogP contribution in [0.2, 0.25) is 0 Å². The van der Waals surface area contributed by atoms with Gasteiger partial charge < -0.3 is 5.32 Å². The van der Waals surface area contributed by atoms with E-state index in [0.717, 1.165) is 0 Å². The molecule has 0 saturated carbocycles. The second kappa shape index (κ2) is 5.74. The minimum Gasteiger partial charge on any atom is -0.371 e. The largest absolute Gasteiger partial charge is 0.371 e. The first-order chi connectivity index (χ1) is 8.01. The molecule has 0 heterocycles. The topological polar surface area (TPSA) is 46.2 Å². The molecule has 0 saturated heterocycles. The van der Waals surface area contributed by atoms with Crippen LogP contribution in [0.15, 0.2) is 29.2 Å². The second-order valence-corrected chi connectivity index (χ2v) is 5.93. The number of anilines is 1. The molecule has 1 N–H and O–H groups in total. The Labute approximate surface area is 103 Å². The van der Waals surface area contributed by atoms with Crippen molar-refractivity contribution in [3.8, 4) is 12.3 Å². The van der Waals surface area contributed by atoms with Crippen LogP contribution in [-0.2, 0) is 9.84 Å². The maximum Gasteiger partial charge on any atom is 0.180 e. The summed E-state index contributed by atoms with van der Waals surface area (Å²) in [6, 6.07) is 6.64. The first-order valence-electron chi connectivity index (χ1n) is 5.55.